The zero-order valence-corrected chi connectivity index (χ0v) is 14.0. The molecule has 2 aromatic carbocycles. The highest BCUT2D eigenvalue weighted by Crippen LogP contribution is 2.20. The van der Waals surface area contributed by atoms with Crippen LogP contribution in [0.25, 0.3) is 0 Å². The number of hydrogen-bond acceptors (Lipinski definition) is 5. The Morgan fingerprint density at radius 1 is 0.960 bits per heavy atom. The minimum absolute atomic E-state index is 0.0983. The van der Waals surface area contributed by atoms with Gasteiger partial charge in [0.1, 0.15) is 11.3 Å². The van der Waals surface area contributed by atoms with E-state index in [2.05, 4.69) is 0 Å². The Labute approximate surface area is 145 Å². The van der Waals surface area contributed by atoms with Crippen molar-refractivity contribution in [3.63, 3.8) is 0 Å². The number of Topliss-reactive ketones (excluding diaryl/α,β-unsaturated/α-hetero) is 1. The largest absolute Gasteiger partial charge is 0.496 e. The van der Waals surface area contributed by atoms with Crippen LogP contribution in [-0.2, 0) is 9.53 Å². The summed E-state index contributed by atoms with van der Waals surface area (Å²) in [6, 6.07) is 14.8. The standard InChI is InChI=1S/C20H18O5/c1-3-25-20(23)16(19(22)14-9-5-4-6-10-14)13-17(21)15-11-7-8-12-18(15)24-2/h4-13H,3H2,1-2H3/b16-13+. The Morgan fingerprint density at radius 2 is 1.60 bits per heavy atom. The second-order valence-corrected chi connectivity index (χ2v) is 5.04. The van der Waals surface area contributed by atoms with Crippen LogP contribution in [0.15, 0.2) is 66.2 Å². The van der Waals surface area contributed by atoms with Gasteiger partial charge in [0.15, 0.2) is 11.6 Å². The summed E-state index contributed by atoms with van der Waals surface area (Å²) in [5.74, 6) is -1.55. The number of ether oxygens (including phenoxy) is 2. The third-order valence-corrected chi connectivity index (χ3v) is 3.42. The van der Waals surface area contributed by atoms with Crippen molar-refractivity contribution < 1.29 is 23.9 Å². The Hall–Kier alpha value is -3.21. The molecule has 128 valence electrons. The van der Waals surface area contributed by atoms with E-state index in [1.807, 2.05) is 0 Å². The third-order valence-electron chi connectivity index (χ3n) is 3.42. The molecule has 0 heterocycles. The molecule has 0 unspecified atom stereocenters. The van der Waals surface area contributed by atoms with Gasteiger partial charge in [-0.25, -0.2) is 4.79 Å². The summed E-state index contributed by atoms with van der Waals surface area (Å²) in [5.41, 5.74) is 0.242. The van der Waals surface area contributed by atoms with Gasteiger partial charge in [0.05, 0.1) is 19.3 Å². The third kappa shape index (κ3) is 4.41. The molecule has 0 aliphatic rings. The maximum atomic E-state index is 12.6. The van der Waals surface area contributed by atoms with Crippen molar-refractivity contribution in [2.75, 3.05) is 13.7 Å². The van der Waals surface area contributed by atoms with E-state index in [1.165, 1.54) is 7.11 Å². The normalized spacial score (nSPS) is 10.9. The molecule has 5 heteroatoms. The predicted molar refractivity (Wildman–Crippen MR) is 92.8 cm³/mol. The van der Waals surface area contributed by atoms with E-state index >= 15 is 0 Å². The number of hydrogen-bond donors (Lipinski definition) is 0. The molecule has 2 rings (SSSR count). The number of benzene rings is 2. The van der Waals surface area contributed by atoms with Crippen molar-refractivity contribution in [2.45, 2.75) is 6.92 Å². The Morgan fingerprint density at radius 3 is 2.24 bits per heavy atom. The number of rotatable bonds is 7. The van der Waals surface area contributed by atoms with Crippen molar-refractivity contribution in [1.29, 1.82) is 0 Å². The number of allylic oxidation sites excluding steroid dienone is 1. The first-order valence-electron chi connectivity index (χ1n) is 7.74. The van der Waals surface area contributed by atoms with Gasteiger partial charge in [-0.3, -0.25) is 9.59 Å². The van der Waals surface area contributed by atoms with Gasteiger partial charge in [0, 0.05) is 11.6 Å². The van der Waals surface area contributed by atoms with Gasteiger partial charge >= 0.3 is 5.97 Å². The van der Waals surface area contributed by atoms with E-state index < -0.39 is 17.5 Å². The lowest BCUT2D eigenvalue weighted by Gasteiger charge is -2.08. The molecule has 0 saturated heterocycles. The van der Waals surface area contributed by atoms with Crippen LogP contribution in [-0.4, -0.2) is 31.3 Å². The minimum Gasteiger partial charge on any atom is -0.496 e. The van der Waals surface area contributed by atoms with Crippen molar-refractivity contribution in [3.05, 3.63) is 77.4 Å². The molecule has 0 radical (unpaired) electrons. The lowest BCUT2D eigenvalue weighted by molar-refractivity contribution is -0.138. The number of methoxy groups -OCH3 is 1. The van der Waals surface area contributed by atoms with E-state index in [4.69, 9.17) is 9.47 Å². The fourth-order valence-corrected chi connectivity index (χ4v) is 2.23. The first-order chi connectivity index (χ1) is 12.1. The highest BCUT2D eigenvalue weighted by atomic mass is 16.5. The molecular formula is C20H18O5. The second-order valence-electron chi connectivity index (χ2n) is 5.04. The fraction of sp³-hybridized carbons (Fsp3) is 0.150. The molecule has 0 aliphatic carbocycles. The Balaban J connectivity index is 2.44. The number of para-hydroxylation sites is 1. The molecule has 0 bridgehead atoms. The van der Waals surface area contributed by atoms with E-state index in [0.29, 0.717) is 11.3 Å². The molecule has 2 aromatic rings. The van der Waals surface area contributed by atoms with Gasteiger partial charge in [-0.15, -0.1) is 0 Å². The van der Waals surface area contributed by atoms with Crippen LogP contribution >= 0.6 is 0 Å². The van der Waals surface area contributed by atoms with Crippen LogP contribution in [0.4, 0.5) is 0 Å². The van der Waals surface area contributed by atoms with Gasteiger partial charge < -0.3 is 9.47 Å². The summed E-state index contributed by atoms with van der Waals surface area (Å²) in [4.78, 5) is 37.4. The highest BCUT2D eigenvalue weighted by molar-refractivity contribution is 6.27. The van der Waals surface area contributed by atoms with Gasteiger partial charge in [-0.1, -0.05) is 42.5 Å². The van der Waals surface area contributed by atoms with Gasteiger partial charge in [-0.2, -0.15) is 0 Å². The summed E-state index contributed by atoms with van der Waals surface area (Å²) in [7, 11) is 1.44. The summed E-state index contributed by atoms with van der Waals surface area (Å²) >= 11 is 0. The topological polar surface area (TPSA) is 69.7 Å². The van der Waals surface area contributed by atoms with Gasteiger partial charge in [0.2, 0.25) is 0 Å². The maximum absolute atomic E-state index is 12.6. The molecule has 0 N–H and O–H groups in total. The van der Waals surface area contributed by atoms with E-state index in [0.717, 1.165) is 6.08 Å². The first kappa shape index (κ1) is 18.1. The minimum atomic E-state index is -0.834. The van der Waals surface area contributed by atoms with Crippen LogP contribution in [0.1, 0.15) is 27.6 Å². The first-order valence-corrected chi connectivity index (χ1v) is 7.74. The second kappa shape index (κ2) is 8.59. The van der Waals surface area contributed by atoms with Crippen molar-refractivity contribution >= 4 is 17.5 Å². The van der Waals surface area contributed by atoms with Crippen LogP contribution in [0.5, 0.6) is 5.75 Å². The predicted octanol–water partition coefficient (Wildman–Crippen LogP) is 3.25. The Bertz CT molecular complexity index is 806. The van der Waals surface area contributed by atoms with Gasteiger partial charge in [-0.05, 0) is 19.1 Å². The van der Waals surface area contributed by atoms with Crippen molar-refractivity contribution in [1.82, 2.24) is 0 Å². The zero-order valence-electron chi connectivity index (χ0n) is 14.0. The van der Waals surface area contributed by atoms with Crippen LogP contribution in [0, 0.1) is 0 Å². The molecule has 0 aliphatic heterocycles. The van der Waals surface area contributed by atoms with E-state index in [9.17, 15) is 14.4 Å². The molecule has 0 fully saturated rings. The number of ketones is 2. The Kier molecular flexibility index (Phi) is 6.23. The summed E-state index contributed by atoms with van der Waals surface area (Å²) < 4.78 is 10.1. The average Bonchev–Trinajstić information content (AvgIpc) is 2.66. The van der Waals surface area contributed by atoms with Crippen LogP contribution in [0.2, 0.25) is 0 Å². The summed E-state index contributed by atoms with van der Waals surface area (Å²) in [6.07, 6.45) is 1.01. The monoisotopic (exact) mass is 338 g/mol. The number of esters is 1. The summed E-state index contributed by atoms with van der Waals surface area (Å²) in [5, 5.41) is 0. The van der Waals surface area contributed by atoms with E-state index in [-0.39, 0.29) is 17.7 Å². The SMILES string of the molecule is CCOC(=O)/C(=C/C(=O)c1ccccc1OC)C(=O)c1ccccc1. The fourth-order valence-electron chi connectivity index (χ4n) is 2.23. The number of carbonyl (C=O) groups excluding carboxylic acids is 3. The smallest absolute Gasteiger partial charge is 0.342 e. The lowest BCUT2D eigenvalue weighted by atomic mass is 10.00. The molecule has 0 saturated carbocycles. The molecule has 0 amide bonds. The molecule has 0 aromatic heterocycles. The maximum Gasteiger partial charge on any atom is 0.342 e. The van der Waals surface area contributed by atoms with Crippen molar-refractivity contribution in [3.8, 4) is 5.75 Å². The quantitative estimate of drug-likeness (QED) is 0.255. The highest BCUT2D eigenvalue weighted by Gasteiger charge is 2.23. The van der Waals surface area contributed by atoms with Gasteiger partial charge in [0.25, 0.3) is 0 Å². The van der Waals surface area contributed by atoms with E-state index in [1.54, 1.807) is 61.5 Å². The van der Waals surface area contributed by atoms with Crippen LogP contribution < -0.4 is 4.74 Å². The molecule has 5 nitrogen and oxygen atoms in total. The molecular weight excluding hydrogens is 320 g/mol. The number of carbonyl (C=O) groups is 3. The summed E-state index contributed by atoms with van der Waals surface area (Å²) in [6.45, 7) is 1.73. The molecule has 0 spiro atoms. The van der Waals surface area contributed by atoms with Crippen molar-refractivity contribution in [2.24, 2.45) is 0 Å². The average molecular weight is 338 g/mol. The zero-order chi connectivity index (χ0) is 18.2. The molecule has 0 atom stereocenters. The molecule has 25 heavy (non-hydrogen) atoms. The lowest BCUT2D eigenvalue weighted by Crippen LogP contribution is -2.18. The van der Waals surface area contributed by atoms with Crippen LogP contribution in [0.3, 0.4) is 0 Å².